The molecule has 0 unspecified atom stereocenters. The number of nitrogens with two attached hydrogens (primary N) is 1. The first kappa shape index (κ1) is 7.56. The number of rotatable bonds is 1. The molecule has 0 aromatic rings. The van der Waals surface area contributed by atoms with E-state index in [0.29, 0.717) is 17.6 Å². The third-order valence-electron chi connectivity index (χ3n) is 3.51. The van der Waals surface area contributed by atoms with Gasteiger partial charge in [-0.2, -0.15) is 0 Å². The summed E-state index contributed by atoms with van der Waals surface area (Å²) in [6.07, 6.45) is 6.84. The van der Waals surface area contributed by atoms with E-state index in [2.05, 4.69) is 0 Å². The number of hydrogen-bond donors (Lipinski definition) is 1. The summed E-state index contributed by atoms with van der Waals surface area (Å²) < 4.78 is 5.31. The maximum absolute atomic E-state index is 5.88. The summed E-state index contributed by atoms with van der Waals surface area (Å²) in [5, 5.41) is 0. The fourth-order valence-electron chi connectivity index (χ4n) is 2.36. The molecule has 0 aliphatic heterocycles. The van der Waals surface area contributed by atoms with Crippen molar-refractivity contribution in [2.45, 2.75) is 44.2 Å². The SMILES string of the molecule is COC1CCC2(CC1)C[C@H]2N. The van der Waals surface area contributed by atoms with Crippen molar-refractivity contribution in [1.29, 1.82) is 0 Å². The zero-order chi connectivity index (χ0) is 7.90. The summed E-state index contributed by atoms with van der Waals surface area (Å²) in [6, 6.07) is 0.514. The van der Waals surface area contributed by atoms with Crippen molar-refractivity contribution in [1.82, 2.24) is 0 Å². The van der Waals surface area contributed by atoms with Gasteiger partial charge in [-0.15, -0.1) is 0 Å². The van der Waals surface area contributed by atoms with Gasteiger partial charge in [0.15, 0.2) is 0 Å². The van der Waals surface area contributed by atoms with E-state index in [0.717, 1.165) is 0 Å². The normalized spacial score (nSPS) is 49.6. The van der Waals surface area contributed by atoms with E-state index in [1.807, 2.05) is 7.11 Å². The fourth-order valence-corrected chi connectivity index (χ4v) is 2.36. The molecule has 0 heterocycles. The lowest BCUT2D eigenvalue weighted by Gasteiger charge is -2.27. The summed E-state index contributed by atoms with van der Waals surface area (Å²) in [7, 11) is 1.81. The van der Waals surface area contributed by atoms with Crippen LogP contribution in [0.2, 0.25) is 0 Å². The largest absolute Gasteiger partial charge is 0.381 e. The highest BCUT2D eigenvalue weighted by Gasteiger charge is 2.52. The van der Waals surface area contributed by atoms with Crippen molar-refractivity contribution in [3.63, 3.8) is 0 Å². The van der Waals surface area contributed by atoms with Gasteiger partial charge in [-0.1, -0.05) is 0 Å². The Morgan fingerprint density at radius 1 is 1.36 bits per heavy atom. The van der Waals surface area contributed by atoms with Gasteiger partial charge in [-0.25, -0.2) is 0 Å². The van der Waals surface area contributed by atoms with Crippen molar-refractivity contribution < 1.29 is 4.74 Å². The van der Waals surface area contributed by atoms with E-state index in [-0.39, 0.29) is 0 Å². The quantitative estimate of drug-likeness (QED) is 0.619. The van der Waals surface area contributed by atoms with Gasteiger partial charge in [-0.05, 0) is 37.5 Å². The second kappa shape index (κ2) is 2.46. The summed E-state index contributed by atoms with van der Waals surface area (Å²) in [5.41, 5.74) is 6.44. The van der Waals surface area contributed by atoms with Gasteiger partial charge in [0.25, 0.3) is 0 Å². The first-order valence-corrected chi connectivity index (χ1v) is 4.55. The zero-order valence-electron chi connectivity index (χ0n) is 7.18. The minimum Gasteiger partial charge on any atom is -0.381 e. The van der Waals surface area contributed by atoms with Crippen molar-refractivity contribution in [3.8, 4) is 0 Å². The summed E-state index contributed by atoms with van der Waals surface area (Å²) >= 11 is 0. The highest BCUT2D eigenvalue weighted by molar-refractivity contribution is 5.07. The number of methoxy groups -OCH3 is 1. The molecule has 0 amide bonds. The molecule has 2 heteroatoms. The molecule has 2 saturated carbocycles. The fraction of sp³-hybridized carbons (Fsp3) is 1.00. The first-order valence-electron chi connectivity index (χ1n) is 4.55. The smallest absolute Gasteiger partial charge is 0.0571 e. The molecule has 2 N–H and O–H groups in total. The monoisotopic (exact) mass is 155 g/mol. The predicted molar refractivity (Wildman–Crippen MR) is 44.3 cm³/mol. The molecule has 0 aromatic carbocycles. The molecule has 0 aromatic heterocycles. The lowest BCUT2D eigenvalue weighted by molar-refractivity contribution is 0.0513. The average molecular weight is 155 g/mol. The van der Waals surface area contributed by atoms with Crippen LogP contribution in [0, 0.1) is 5.41 Å². The van der Waals surface area contributed by atoms with Crippen LogP contribution in [0.25, 0.3) is 0 Å². The van der Waals surface area contributed by atoms with E-state index in [1.165, 1.54) is 32.1 Å². The van der Waals surface area contributed by atoms with E-state index in [9.17, 15) is 0 Å². The predicted octanol–water partition coefficient (Wildman–Crippen LogP) is 1.29. The van der Waals surface area contributed by atoms with Gasteiger partial charge in [0, 0.05) is 13.2 Å². The van der Waals surface area contributed by atoms with Crippen LogP contribution < -0.4 is 5.73 Å². The van der Waals surface area contributed by atoms with Gasteiger partial charge < -0.3 is 10.5 Å². The summed E-state index contributed by atoms with van der Waals surface area (Å²) in [4.78, 5) is 0. The Labute approximate surface area is 68.1 Å². The molecular weight excluding hydrogens is 138 g/mol. The van der Waals surface area contributed by atoms with Crippen LogP contribution in [0.4, 0.5) is 0 Å². The molecule has 11 heavy (non-hydrogen) atoms. The Morgan fingerprint density at radius 3 is 2.27 bits per heavy atom. The Kier molecular flexibility index (Phi) is 1.69. The molecule has 0 radical (unpaired) electrons. The van der Waals surface area contributed by atoms with E-state index >= 15 is 0 Å². The van der Waals surface area contributed by atoms with E-state index in [4.69, 9.17) is 10.5 Å². The van der Waals surface area contributed by atoms with Crippen LogP contribution in [0.3, 0.4) is 0 Å². The second-order valence-electron chi connectivity index (χ2n) is 4.11. The van der Waals surface area contributed by atoms with Crippen LogP contribution in [0.1, 0.15) is 32.1 Å². The maximum atomic E-state index is 5.88. The molecular formula is C9H17NO. The van der Waals surface area contributed by atoms with E-state index < -0.39 is 0 Å². The molecule has 0 bridgehead atoms. The van der Waals surface area contributed by atoms with Crippen LogP contribution in [-0.4, -0.2) is 19.3 Å². The average Bonchev–Trinajstić information content (AvgIpc) is 2.64. The molecule has 2 nitrogen and oxygen atoms in total. The number of hydrogen-bond acceptors (Lipinski definition) is 2. The van der Waals surface area contributed by atoms with E-state index in [1.54, 1.807) is 0 Å². The molecule has 2 rings (SSSR count). The highest BCUT2D eigenvalue weighted by Crippen LogP contribution is 2.55. The van der Waals surface area contributed by atoms with Crippen molar-refractivity contribution >= 4 is 0 Å². The minimum absolute atomic E-state index is 0.514. The standard InChI is InChI=1S/C9H17NO/c1-11-7-2-4-9(5-3-7)6-8(9)10/h7-8H,2-6,10H2,1H3/t7?,8-,9?/m1/s1. The minimum atomic E-state index is 0.514. The zero-order valence-corrected chi connectivity index (χ0v) is 7.18. The molecule has 1 atom stereocenters. The molecule has 1 spiro atoms. The topological polar surface area (TPSA) is 35.2 Å². The van der Waals surface area contributed by atoms with Crippen LogP contribution in [-0.2, 0) is 4.74 Å². The summed E-state index contributed by atoms with van der Waals surface area (Å²) in [5.74, 6) is 0. The Hall–Kier alpha value is -0.0800. The molecule has 64 valence electrons. The van der Waals surface area contributed by atoms with Crippen molar-refractivity contribution in [3.05, 3.63) is 0 Å². The highest BCUT2D eigenvalue weighted by atomic mass is 16.5. The molecule has 0 saturated heterocycles. The number of ether oxygens (including phenoxy) is 1. The molecule has 2 fully saturated rings. The van der Waals surface area contributed by atoms with Gasteiger partial charge in [0.05, 0.1) is 6.10 Å². The third kappa shape index (κ3) is 1.18. The van der Waals surface area contributed by atoms with Gasteiger partial charge in [0.1, 0.15) is 0 Å². The van der Waals surface area contributed by atoms with Crippen LogP contribution >= 0.6 is 0 Å². The Balaban J connectivity index is 1.86. The molecule has 2 aliphatic rings. The Bertz CT molecular complexity index is 150. The third-order valence-corrected chi connectivity index (χ3v) is 3.51. The molecule has 2 aliphatic carbocycles. The Morgan fingerprint density at radius 2 is 1.91 bits per heavy atom. The van der Waals surface area contributed by atoms with Gasteiger partial charge >= 0.3 is 0 Å². The first-order chi connectivity index (χ1) is 5.27. The van der Waals surface area contributed by atoms with Gasteiger partial charge in [-0.3, -0.25) is 0 Å². The van der Waals surface area contributed by atoms with Crippen LogP contribution in [0.15, 0.2) is 0 Å². The van der Waals surface area contributed by atoms with Gasteiger partial charge in [0.2, 0.25) is 0 Å². The second-order valence-corrected chi connectivity index (χ2v) is 4.11. The summed E-state index contributed by atoms with van der Waals surface area (Å²) in [6.45, 7) is 0. The van der Waals surface area contributed by atoms with Crippen molar-refractivity contribution in [2.75, 3.05) is 7.11 Å². The van der Waals surface area contributed by atoms with Crippen LogP contribution in [0.5, 0.6) is 0 Å². The van der Waals surface area contributed by atoms with Crippen molar-refractivity contribution in [2.24, 2.45) is 11.1 Å². The lowest BCUT2D eigenvalue weighted by Crippen LogP contribution is -2.25. The lowest BCUT2D eigenvalue weighted by atomic mass is 9.84. The maximum Gasteiger partial charge on any atom is 0.0571 e.